The molecule has 1 aliphatic heterocycles. The molecule has 37 nitrogen and oxygen atoms in total. The summed E-state index contributed by atoms with van der Waals surface area (Å²) in [6, 6.07) is -3.31. The summed E-state index contributed by atoms with van der Waals surface area (Å²) in [7, 11) is 0. The highest BCUT2D eigenvalue weighted by Crippen LogP contribution is 2.45. The van der Waals surface area contributed by atoms with E-state index in [1.165, 1.54) is 65.7 Å². The van der Waals surface area contributed by atoms with Crippen molar-refractivity contribution in [2.45, 2.75) is 271 Å². The van der Waals surface area contributed by atoms with Crippen molar-refractivity contribution in [3.05, 3.63) is 22.3 Å². The number of benzene rings is 1. The number of nitrogens with one attached hydrogen (secondary N) is 8. The number of Topliss-reactive ketones (excluding diaryl/α,β-unsaturated/α-hetero) is 4. The van der Waals surface area contributed by atoms with Crippen LogP contribution in [-0.2, 0) is 121 Å². The maximum absolute atomic E-state index is 12.7. The molecule has 8 amide bonds. The van der Waals surface area contributed by atoms with Gasteiger partial charge in [0, 0.05) is 108 Å². The highest BCUT2D eigenvalue weighted by atomic mass is 16.5. The van der Waals surface area contributed by atoms with Crippen LogP contribution in [0, 0.1) is 62.2 Å². The summed E-state index contributed by atoms with van der Waals surface area (Å²) in [4.78, 5) is 171. The van der Waals surface area contributed by atoms with Gasteiger partial charge in [-0.25, -0.2) is 14.4 Å². The van der Waals surface area contributed by atoms with E-state index in [-0.39, 0.29) is 193 Å². The monoisotopic (exact) mass is 1860 g/mol. The van der Waals surface area contributed by atoms with E-state index in [9.17, 15) is 77.0 Å². The molecule has 0 unspecified atom stereocenters. The van der Waals surface area contributed by atoms with E-state index in [1.807, 2.05) is 62.3 Å². The van der Waals surface area contributed by atoms with E-state index < -0.39 is 53.8 Å². The van der Waals surface area contributed by atoms with Crippen LogP contribution in [0.15, 0.2) is 0 Å². The van der Waals surface area contributed by atoms with Gasteiger partial charge in [0.25, 0.3) is 5.91 Å². The third kappa shape index (κ3) is 66.6. The van der Waals surface area contributed by atoms with E-state index in [1.54, 1.807) is 13.8 Å². The summed E-state index contributed by atoms with van der Waals surface area (Å²) in [6.45, 7) is 41.8. The number of amides is 8. The van der Waals surface area contributed by atoms with Gasteiger partial charge in [-0.1, -0.05) is 128 Å². The number of ether oxygens (including phenoxy) is 11. The molecule has 0 bridgehead atoms. The molecule has 0 aromatic heterocycles. The predicted octanol–water partition coefficient (Wildman–Crippen LogP) is 7.60. The van der Waals surface area contributed by atoms with Gasteiger partial charge in [-0.3, -0.25) is 57.5 Å². The van der Waals surface area contributed by atoms with E-state index in [2.05, 4.69) is 77.2 Å². The fourth-order valence-electron chi connectivity index (χ4n) is 12.3. The van der Waals surface area contributed by atoms with Crippen LogP contribution < -0.4 is 52.0 Å². The van der Waals surface area contributed by atoms with Crippen LogP contribution in [0.25, 0.3) is 0 Å². The van der Waals surface area contributed by atoms with E-state index in [0.29, 0.717) is 97.9 Å². The van der Waals surface area contributed by atoms with Crippen molar-refractivity contribution in [1.82, 2.24) is 42.5 Å². The molecular weight excluding hydrogens is 1690 g/mol. The molecule has 0 saturated carbocycles. The molecule has 1 heterocycles. The van der Waals surface area contributed by atoms with E-state index in [0.717, 1.165) is 71.4 Å². The lowest BCUT2D eigenvalue weighted by Gasteiger charge is -2.38. The second kappa shape index (κ2) is 74.8. The predicted molar refractivity (Wildman–Crippen MR) is 488 cm³/mol. The van der Waals surface area contributed by atoms with Crippen LogP contribution in [0.4, 0.5) is 0 Å². The maximum Gasteiger partial charge on any atom is 0.326 e. The Bertz CT molecular complexity index is 3480. The molecule has 0 aliphatic carbocycles. The lowest BCUT2D eigenvalue weighted by molar-refractivity contribution is -0.142. The van der Waals surface area contributed by atoms with Gasteiger partial charge < -0.3 is 110 Å². The molecule has 11 N–H and O–H groups in total. The van der Waals surface area contributed by atoms with Crippen LogP contribution >= 0.6 is 0 Å². The van der Waals surface area contributed by atoms with Crippen LogP contribution in [0.5, 0.6) is 11.5 Å². The lowest BCUT2D eigenvalue weighted by Crippen LogP contribution is -2.43. The van der Waals surface area contributed by atoms with Gasteiger partial charge in [-0.05, 0) is 107 Å². The van der Waals surface area contributed by atoms with Crippen molar-refractivity contribution >= 4 is 88.3 Å². The standard InChI is InChI=1S/C39H65NO6.C22H39N3O10.C17H32N2O7.C15H26N2O6/c1-25(2)14-11-15-27(5)16-12-17-28(6)18-13-22-39(10)23-21-32-31(9)36(29(7)30(8)37(32)46-39)45-24-35(42)40-33(38(43)44)19-20-34(41)26(3)4;1-16(2)19(27)14-34-12-10-33-9-7-24-21(29)15-35-13-11-32-8-6-23-20(28)5-4-18(22(30)31)25-17(3)26;1-14(2)16(21)12-25-10-8-24-7-5-19-17(22)13-26-11-9-23-6-4-18-15(3)20;1-10(2)13(19)6-8-23-9-7-16-14(20)5-4-12(15(21)22)17-11(3)18/h25-28,33H,11-24H2,1-10H3,(H,40,42)(H,43,44);16,18H,4-15H2,1-3H3,(H,23,28)(H,24,29)(H,25,26)(H,30,31);14H,4-13H2,1-3H3,(H,18,20)(H,19,22);10,12H,4-9H2,1-3H3,(H,16,20)(H,17,18)(H,21,22)/t27-,28-,33+,39-;18-;;12-/m10.0/s1. The van der Waals surface area contributed by atoms with E-state index >= 15 is 0 Å². The highest BCUT2D eigenvalue weighted by Gasteiger charge is 2.35. The molecule has 6 atom stereocenters. The topological polar surface area (TPSA) is 515 Å². The number of carbonyl (C=O) groups is 15. The number of hydrogen-bond donors (Lipinski definition) is 11. The smallest absolute Gasteiger partial charge is 0.326 e. The first-order valence-electron chi connectivity index (χ1n) is 45.9. The Balaban J connectivity index is 0. The summed E-state index contributed by atoms with van der Waals surface area (Å²) in [5.41, 5.74) is 3.85. The minimum absolute atomic E-state index is 0.0101. The molecule has 0 spiro atoms. The Labute approximate surface area is 771 Å². The fraction of sp³-hybridized carbons (Fsp3) is 0.774. The van der Waals surface area contributed by atoms with Crippen molar-refractivity contribution in [3.63, 3.8) is 0 Å². The van der Waals surface area contributed by atoms with Crippen LogP contribution in [0.2, 0.25) is 0 Å². The molecular formula is C93H162N8O29. The number of rotatable bonds is 72. The molecule has 0 radical (unpaired) electrons. The van der Waals surface area contributed by atoms with Gasteiger partial charge in [-0.15, -0.1) is 0 Å². The molecule has 130 heavy (non-hydrogen) atoms. The minimum atomic E-state index is -1.20. The van der Waals surface area contributed by atoms with Crippen molar-refractivity contribution in [2.75, 3.05) is 158 Å². The van der Waals surface area contributed by atoms with Crippen molar-refractivity contribution in [2.24, 2.45) is 41.4 Å². The Kier molecular flexibility index (Phi) is 71.0. The number of ketones is 4. The zero-order valence-corrected chi connectivity index (χ0v) is 81.4. The van der Waals surface area contributed by atoms with E-state index in [4.69, 9.17) is 62.3 Å². The van der Waals surface area contributed by atoms with Gasteiger partial charge in [0.1, 0.15) is 73.2 Å². The third-order valence-electron chi connectivity index (χ3n) is 20.6. The van der Waals surface area contributed by atoms with Gasteiger partial charge in [-0.2, -0.15) is 0 Å². The number of carboxylic acid groups (broad SMARTS) is 3. The molecule has 1 aromatic carbocycles. The number of carboxylic acids is 3. The van der Waals surface area contributed by atoms with Gasteiger partial charge in [0.2, 0.25) is 41.4 Å². The molecule has 1 aliphatic rings. The summed E-state index contributed by atoms with van der Waals surface area (Å²) in [6.07, 6.45) is 13.7. The quantitative estimate of drug-likeness (QED) is 0.0279. The minimum Gasteiger partial charge on any atom is -0.487 e. The van der Waals surface area contributed by atoms with Crippen LogP contribution in [-0.4, -0.2) is 286 Å². The Morgan fingerprint density at radius 1 is 0.346 bits per heavy atom. The lowest BCUT2D eigenvalue weighted by atomic mass is 9.83. The van der Waals surface area contributed by atoms with Crippen molar-refractivity contribution < 1.29 is 139 Å². The van der Waals surface area contributed by atoms with Crippen molar-refractivity contribution in [1.29, 1.82) is 0 Å². The first-order valence-corrected chi connectivity index (χ1v) is 45.9. The summed E-state index contributed by atoms with van der Waals surface area (Å²) in [5, 5.41) is 47.5. The van der Waals surface area contributed by atoms with Crippen LogP contribution in [0.1, 0.15) is 242 Å². The Morgan fingerprint density at radius 2 is 0.692 bits per heavy atom. The first kappa shape index (κ1) is 123. The molecule has 2 rings (SSSR count). The molecule has 1 aromatic rings. The second-order valence-electron chi connectivity index (χ2n) is 34.4. The summed E-state index contributed by atoms with van der Waals surface area (Å²) in [5.74, 6) is -2.34. The zero-order chi connectivity index (χ0) is 98.5. The zero-order valence-electron chi connectivity index (χ0n) is 81.4. The van der Waals surface area contributed by atoms with Gasteiger partial charge in [0.05, 0.1) is 92.5 Å². The fourth-order valence-corrected chi connectivity index (χ4v) is 12.3. The Morgan fingerprint density at radius 3 is 1.08 bits per heavy atom. The summed E-state index contributed by atoms with van der Waals surface area (Å²) >= 11 is 0. The molecule has 0 fully saturated rings. The molecule has 748 valence electrons. The van der Waals surface area contributed by atoms with Crippen molar-refractivity contribution in [3.8, 4) is 11.5 Å². The molecule has 0 saturated heterocycles. The number of fused-ring (bicyclic) bond motifs is 1. The normalized spacial score (nSPS) is 13.8. The maximum atomic E-state index is 12.7. The molecule has 37 heteroatoms. The second-order valence-corrected chi connectivity index (χ2v) is 34.4. The van der Waals surface area contributed by atoms with Gasteiger partial charge >= 0.3 is 17.9 Å². The summed E-state index contributed by atoms with van der Waals surface area (Å²) < 4.78 is 59.8. The van der Waals surface area contributed by atoms with Crippen LogP contribution in [0.3, 0.4) is 0 Å². The third-order valence-corrected chi connectivity index (χ3v) is 20.6. The average molecular weight is 1860 g/mol. The number of aliphatic carboxylic acids is 3. The highest BCUT2D eigenvalue weighted by molar-refractivity contribution is 5.87. The SMILES string of the molecule is CC(=O)NCCOCCOCC(=O)NCCOCCOCC(=O)C(C)C.CC(=O)N[C@@H](CCC(=O)NCCOCCC(=O)C(C)C)C(=O)O.CC(=O)N[C@@H](CCC(=O)NCCOCCOCC(=O)NCCOCCOCC(=O)C(C)C)C(=O)O.Cc1c(C)c2c(c(C)c1OCC(=O)N[C@@H](CCC(=O)C(C)C)C(=O)O)CC[C@@](C)(CCC[C@H](C)CCC[C@H](C)CCCC(C)C)O2. The van der Waals surface area contributed by atoms with Gasteiger partial charge in [0.15, 0.2) is 18.2 Å². The first-order chi connectivity index (χ1) is 61.3. The average Bonchev–Trinajstić information content (AvgIpc) is 0.758. The Hall–Kier alpha value is -8.69. The number of hydrogen-bond acceptors (Lipinski definition) is 26. The number of carbonyl (C=O) groups excluding carboxylic acids is 12. The largest absolute Gasteiger partial charge is 0.487 e.